The second-order valence-corrected chi connectivity index (χ2v) is 7.66. The summed E-state index contributed by atoms with van der Waals surface area (Å²) in [6, 6.07) is 20.1. The summed E-state index contributed by atoms with van der Waals surface area (Å²) >= 11 is 0. The van der Waals surface area contributed by atoms with Crippen molar-refractivity contribution >= 4 is 5.91 Å². The SMILES string of the molecule is CC(C)(C)CC(=O)NCc1cn(-c2ccccc2)nc1-c1ccccc1. The molecule has 1 N–H and O–H groups in total. The molecule has 0 fully saturated rings. The lowest BCUT2D eigenvalue weighted by molar-refractivity contribution is -0.122. The number of aromatic nitrogens is 2. The minimum atomic E-state index is -0.0272. The summed E-state index contributed by atoms with van der Waals surface area (Å²) in [5.41, 5.74) is 3.91. The van der Waals surface area contributed by atoms with Crippen LogP contribution in [-0.4, -0.2) is 15.7 Å². The highest BCUT2D eigenvalue weighted by atomic mass is 16.1. The Morgan fingerprint density at radius 3 is 2.23 bits per heavy atom. The highest BCUT2D eigenvalue weighted by Crippen LogP contribution is 2.24. The summed E-state index contributed by atoms with van der Waals surface area (Å²) in [4.78, 5) is 12.2. The number of amides is 1. The lowest BCUT2D eigenvalue weighted by Crippen LogP contribution is -2.27. The smallest absolute Gasteiger partial charge is 0.220 e. The van der Waals surface area contributed by atoms with Crippen molar-refractivity contribution in [2.45, 2.75) is 33.7 Å². The molecule has 0 radical (unpaired) electrons. The summed E-state index contributed by atoms with van der Waals surface area (Å²) in [5, 5.41) is 7.81. The molecule has 134 valence electrons. The Morgan fingerprint density at radius 1 is 1.00 bits per heavy atom. The minimum absolute atomic E-state index is 0.0272. The molecule has 26 heavy (non-hydrogen) atoms. The van der Waals surface area contributed by atoms with Crippen LogP contribution in [0.15, 0.2) is 66.9 Å². The highest BCUT2D eigenvalue weighted by Gasteiger charge is 2.17. The fourth-order valence-corrected chi connectivity index (χ4v) is 2.83. The average molecular weight is 347 g/mol. The maximum atomic E-state index is 12.2. The Hall–Kier alpha value is -2.88. The first-order chi connectivity index (χ1) is 12.4. The lowest BCUT2D eigenvalue weighted by atomic mass is 9.92. The Labute approximate surface area is 154 Å². The van der Waals surface area contributed by atoms with E-state index in [1.165, 1.54) is 0 Å². The zero-order valence-electron chi connectivity index (χ0n) is 15.6. The van der Waals surface area contributed by atoms with Crippen LogP contribution in [0.25, 0.3) is 16.9 Å². The molecule has 0 atom stereocenters. The number of hydrogen-bond acceptors (Lipinski definition) is 2. The van der Waals surface area contributed by atoms with Crippen LogP contribution < -0.4 is 5.32 Å². The van der Waals surface area contributed by atoms with Crippen LogP contribution in [0, 0.1) is 5.41 Å². The van der Waals surface area contributed by atoms with Gasteiger partial charge in [0.1, 0.15) is 0 Å². The monoisotopic (exact) mass is 347 g/mol. The van der Waals surface area contributed by atoms with Crippen molar-refractivity contribution in [3.63, 3.8) is 0 Å². The van der Waals surface area contributed by atoms with E-state index < -0.39 is 0 Å². The van der Waals surface area contributed by atoms with Crippen molar-refractivity contribution < 1.29 is 4.79 Å². The van der Waals surface area contributed by atoms with Crippen molar-refractivity contribution in [3.8, 4) is 16.9 Å². The van der Waals surface area contributed by atoms with E-state index in [1.807, 2.05) is 71.5 Å². The fraction of sp³-hybridized carbons (Fsp3) is 0.273. The van der Waals surface area contributed by atoms with E-state index in [-0.39, 0.29) is 11.3 Å². The standard InChI is InChI=1S/C22H25N3O/c1-22(2,3)14-20(26)23-15-18-16-25(19-12-8-5-9-13-19)24-21(18)17-10-6-4-7-11-17/h4-13,16H,14-15H2,1-3H3,(H,23,26). The van der Waals surface area contributed by atoms with Gasteiger partial charge in [-0.1, -0.05) is 69.3 Å². The molecule has 3 rings (SSSR count). The van der Waals surface area contributed by atoms with Crippen molar-refractivity contribution in [2.24, 2.45) is 5.41 Å². The molecule has 0 bridgehead atoms. The first-order valence-electron chi connectivity index (χ1n) is 8.88. The molecule has 0 saturated heterocycles. The van der Waals surface area contributed by atoms with Gasteiger partial charge in [0.15, 0.2) is 0 Å². The third-order valence-corrected chi connectivity index (χ3v) is 4.02. The van der Waals surface area contributed by atoms with E-state index >= 15 is 0 Å². The molecular weight excluding hydrogens is 322 g/mol. The summed E-state index contributed by atoms with van der Waals surface area (Å²) in [5.74, 6) is 0.0592. The molecule has 0 saturated carbocycles. The van der Waals surface area contributed by atoms with Gasteiger partial charge in [0.05, 0.1) is 11.4 Å². The van der Waals surface area contributed by atoms with E-state index in [4.69, 9.17) is 5.10 Å². The van der Waals surface area contributed by atoms with Crippen LogP contribution in [0.1, 0.15) is 32.8 Å². The summed E-state index contributed by atoms with van der Waals surface area (Å²) in [7, 11) is 0. The second-order valence-electron chi connectivity index (χ2n) is 7.66. The minimum Gasteiger partial charge on any atom is -0.352 e. The maximum absolute atomic E-state index is 12.2. The molecule has 4 nitrogen and oxygen atoms in total. The number of carbonyl (C=O) groups is 1. The van der Waals surface area contributed by atoms with Crippen molar-refractivity contribution in [2.75, 3.05) is 0 Å². The Kier molecular flexibility index (Phi) is 5.21. The molecule has 0 aliphatic rings. The Balaban J connectivity index is 1.88. The number of nitrogens with zero attached hydrogens (tertiary/aromatic N) is 2. The third kappa shape index (κ3) is 4.60. The molecule has 0 aliphatic heterocycles. The van der Waals surface area contributed by atoms with E-state index in [0.717, 1.165) is 22.5 Å². The van der Waals surface area contributed by atoms with Crippen LogP contribution in [0.5, 0.6) is 0 Å². The van der Waals surface area contributed by atoms with E-state index in [9.17, 15) is 4.79 Å². The molecule has 3 aromatic rings. The third-order valence-electron chi connectivity index (χ3n) is 4.02. The van der Waals surface area contributed by atoms with Gasteiger partial charge < -0.3 is 5.32 Å². The van der Waals surface area contributed by atoms with Crippen LogP contribution in [-0.2, 0) is 11.3 Å². The number of rotatable bonds is 5. The summed E-state index contributed by atoms with van der Waals surface area (Å²) < 4.78 is 1.87. The molecule has 0 aliphatic carbocycles. The van der Waals surface area contributed by atoms with Crippen LogP contribution in [0.3, 0.4) is 0 Å². The average Bonchev–Trinajstić information content (AvgIpc) is 3.04. The van der Waals surface area contributed by atoms with Gasteiger partial charge in [-0.2, -0.15) is 5.10 Å². The topological polar surface area (TPSA) is 46.9 Å². The molecule has 0 spiro atoms. The van der Waals surface area contributed by atoms with Crippen molar-refractivity contribution in [3.05, 3.63) is 72.4 Å². The maximum Gasteiger partial charge on any atom is 0.220 e. The highest BCUT2D eigenvalue weighted by molar-refractivity contribution is 5.77. The van der Waals surface area contributed by atoms with Gasteiger partial charge in [-0.05, 0) is 17.5 Å². The Morgan fingerprint density at radius 2 is 1.62 bits per heavy atom. The van der Waals surface area contributed by atoms with E-state index in [2.05, 4.69) is 26.1 Å². The van der Waals surface area contributed by atoms with Gasteiger partial charge in [-0.15, -0.1) is 0 Å². The molecule has 1 heterocycles. The van der Waals surface area contributed by atoms with Crippen LogP contribution >= 0.6 is 0 Å². The van der Waals surface area contributed by atoms with Crippen molar-refractivity contribution in [1.82, 2.24) is 15.1 Å². The molecule has 1 aromatic heterocycles. The first kappa shape index (κ1) is 17.9. The van der Waals surface area contributed by atoms with Gasteiger partial charge in [0.25, 0.3) is 0 Å². The van der Waals surface area contributed by atoms with Gasteiger partial charge in [-0.25, -0.2) is 4.68 Å². The van der Waals surface area contributed by atoms with Gasteiger partial charge >= 0.3 is 0 Å². The first-order valence-corrected chi connectivity index (χ1v) is 8.88. The molecule has 2 aromatic carbocycles. The summed E-state index contributed by atoms with van der Waals surface area (Å²) in [6.07, 6.45) is 2.50. The summed E-state index contributed by atoms with van der Waals surface area (Å²) in [6.45, 7) is 6.66. The van der Waals surface area contributed by atoms with Crippen LogP contribution in [0.4, 0.5) is 0 Å². The van der Waals surface area contributed by atoms with E-state index in [1.54, 1.807) is 0 Å². The Bertz CT molecular complexity index is 861. The fourth-order valence-electron chi connectivity index (χ4n) is 2.83. The number of nitrogens with one attached hydrogen (secondary N) is 1. The second kappa shape index (κ2) is 7.56. The van der Waals surface area contributed by atoms with Gasteiger partial charge in [-0.3, -0.25) is 4.79 Å². The largest absolute Gasteiger partial charge is 0.352 e. The number of para-hydroxylation sites is 1. The number of hydrogen-bond donors (Lipinski definition) is 1. The molecule has 4 heteroatoms. The normalized spacial score (nSPS) is 11.3. The predicted octanol–water partition coefficient (Wildman–Crippen LogP) is 4.59. The van der Waals surface area contributed by atoms with Crippen LogP contribution in [0.2, 0.25) is 0 Å². The van der Waals surface area contributed by atoms with Crippen molar-refractivity contribution in [1.29, 1.82) is 0 Å². The lowest BCUT2D eigenvalue weighted by Gasteiger charge is -2.17. The number of benzene rings is 2. The van der Waals surface area contributed by atoms with Gasteiger partial charge in [0, 0.05) is 30.3 Å². The molecule has 0 unspecified atom stereocenters. The van der Waals surface area contributed by atoms with E-state index in [0.29, 0.717) is 13.0 Å². The number of carbonyl (C=O) groups excluding carboxylic acids is 1. The molecular formula is C22H25N3O. The van der Waals surface area contributed by atoms with Gasteiger partial charge in [0.2, 0.25) is 5.91 Å². The predicted molar refractivity (Wildman–Crippen MR) is 105 cm³/mol. The molecule has 1 amide bonds. The zero-order chi connectivity index (χ0) is 18.6. The zero-order valence-corrected chi connectivity index (χ0v) is 15.6. The quantitative estimate of drug-likeness (QED) is 0.734.